The van der Waals surface area contributed by atoms with Crippen LogP contribution in [0.3, 0.4) is 0 Å². The monoisotopic (exact) mass is 254 g/mol. The molecule has 0 amide bonds. The van der Waals surface area contributed by atoms with Crippen molar-refractivity contribution in [2.45, 2.75) is 39.3 Å². The smallest absolute Gasteiger partial charge is 0.312 e. The SMILES string of the molecule is C[SiH2]O[SiH](C)O[Si](C)(C)O[SiH](C)C. The van der Waals surface area contributed by atoms with Crippen molar-refractivity contribution in [2.75, 3.05) is 0 Å². The van der Waals surface area contributed by atoms with Crippen molar-refractivity contribution in [3.05, 3.63) is 0 Å². The van der Waals surface area contributed by atoms with E-state index >= 15 is 0 Å². The molecule has 0 saturated heterocycles. The third-order valence-corrected chi connectivity index (χ3v) is 12.3. The lowest BCUT2D eigenvalue weighted by Crippen LogP contribution is -2.44. The van der Waals surface area contributed by atoms with E-state index in [2.05, 4.69) is 39.3 Å². The van der Waals surface area contributed by atoms with Crippen LogP contribution in [-0.4, -0.2) is 36.6 Å². The lowest BCUT2D eigenvalue weighted by molar-refractivity contribution is 0.365. The van der Waals surface area contributed by atoms with Gasteiger partial charge in [-0.1, -0.05) is 6.55 Å². The highest BCUT2D eigenvalue weighted by molar-refractivity contribution is 6.77. The molecule has 0 aliphatic rings. The maximum absolute atomic E-state index is 5.89. The van der Waals surface area contributed by atoms with Crippen LogP contribution in [0.25, 0.3) is 0 Å². The third-order valence-electron chi connectivity index (χ3n) is 1.37. The summed E-state index contributed by atoms with van der Waals surface area (Å²) >= 11 is 0. The molecular formula is C6H22O3Si4. The summed E-state index contributed by atoms with van der Waals surface area (Å²) < 4.78 is 17.4. The first-order valence-electron chi connectivity index (χ1n) is 4.84. The molecule has 0 rings (SSSR count). The van der Waals surface area contributed by atoms with E-state index in [0.717, 1.165) is 0 Å². The molecule has 0 N–H and O–H groups in total. The van der Waals surface area contributed by atoms with E-state index in [4.69, 9.17) is 12.3 Å². The Bertz CT molecular complexity index is 142. The fourth-order valence-corrected chi connectivity index (χ4v) is 12.5. The largest absolute Gasteiger partial charge is 0.444 e. The van der Waals surface area contributed by atoms with E-state index in [1.54, 1.807) is 0 Å². The van der Waals surface area contributed by atoms with Gasteiger partial charge in [0.2, 0.25) is 0 Å². The van der Waals surface area contributed by atoms with Crippen molar-refractivity contribution < 1.29 is 12.3 Å². The van der Waals surface area contributed by atoms with Gasteiger partial charge >= 0.3 is 8.56 Å². The van der Waals surface area contributed by atoms with Gasteiger partial charge in [0.05, 0.1) is 0 Å². The molecule has 0 aliphatic carbocycles. The Balaban J connectivity index is 3.85. The normalized spacial score (nSPS) is 15.9. The molecule has 0 aromatic heterocycles. The van der Waals surface area contributed by atoms with Crippen molar-refractivity contribution in [3.8, 4) is 0 Å². The zero-order valence-corrected chi connectivity index (χ0v) is 14.3. The maximum Gasteiger partial charge on any atom is 0.312 e. The molecule has 0 aromatic carbocycles. The molecule has 7 heteroatoms. The predicted molar refractivity (Wildman–Crippen MR) is 67.0 cm³/mol. The van der Waals surface area contributed by atoms with Gasteiger partial charge in [-0.15, -0.1) is 0 Å². The van der Waals surface area contributed by atoms with E-state index in [0.29, 0.717) is 0 Å². The zero-order chi connectivity index (χ0) is 10.5. The van der Waals surface area contributed by atoms with Crippen molar-refractivity contribution in [1.29, 1.82) is 0 Å². The average molecular weight is 255 g/mol. The standard InChI is InChI=1S/C6H22O3Si4/c1-10-7-12(4)9-13(5,6)8-11(2)3/h11-12H,10H2,1-6H3. The molecule has 0 fully saturated rings. The van der Waals surface area contributed by atoms with Crippen molar-refractivity contribution in [3.63, 3.8) is 0 Å². The molecule has 0 spiro atoms. The molecule has 0 saturated carbocycles. The second-order valence-corrected chi connectivity index (χ2v) is 13.5. The molecule has 80 valence electrons. The Hall–Kier alpha value is 0.748. The van der Waals surface area contributed by atoms with Gasteiger partial charge in [0.15, 0.2) is 9.04 Å². The molecule has 0 bridgehead atoms. The van der Waals surface area contributed by atoms with E-state index in [1.807, 2.05) is 0 Å². The molecule has 0 heterocycles. The summed E-state index contributed by atoms with van der Waals surface area (Å²) in [7, 11) is -4.49. The Morgan fingerprint density at radius 2 is 1.62 bits per heavy atom. The first-order chi connectivity index (χ1) is 5.87. The summed E-state index contributed by atoms with van der Waals surface area (Å²) in [5, 5.41) is 0. The summed E-state index contributed by atoms with van der Waals surface area (Å²) in [6, 6.07) is 0. The van der Waals surface area contributed by atoms with Crippen LogP contribution in [0.2, 0.25) is 39.3 Å². The number of hydrogen-bond acceptors (Lipinski definition) is 3. The van der Waals surface area contributed by atoms with Gasteiger partial charge in [-0.3, -0.25) is 0 Å². The summed E-state index contributed by atoms with van der Waals surface area (Å²) in [5.41, 5.74) is 0. The van der Waals surface area contributed by atoms with Gasteiger partial charge in [-0.25, -0.2) is 0 Å². The molecule has 0 aliphatic heterocycles. The maximum atomic E-state index is 5.89. The third kappa shape index (κ3) is 7.79. The lowest BCUT2D eigenvalue weighted by Gasteiger charge is -2.28. The number of hydrogen-bond donors (Lipinski definition) is 0. The first kappa shape index (κ1) is 13.7. The Labute approximate surface area is 88.6 Å². The average Bonchev–Trinajstić information content (AvgIpc) is 1.81. The lowest BCUT2D eigenvalue weighted by atomic mass is 11.9. The van der Waals surface area contributed by atoms with Crippen molar-refractivity contribution >= 4 is 36.6 Å². The van der Waals surface area contributed by atoms with Gasteiger partial charge in [0, 0.05) is 0 Å². The highest BCUT2D eigenvalue weighted by Crippen LogP contribution is 2.10. The van der Waals surface area contributed by atoms with Gasteiger partial charge in [-0.2, -0.15) is 0 Å². The quantitative estimate of drug-likeness (QED) is 0.653. The predicted octanol–water partition coefficient (Wildman–Crippen LogP) is 0.704. The van der Waals surface area contributed by atoms with Crippen LogP contribution in [0, 0.1) is 0 Å². The summed E-state index contributed by atoms with van der Waals surface area (Å²) in [6.07, 6.45) is 0. The summed E-state index contributed by atoms with van der Waals surface area (Å²) in [5.74, 6) is 0. The molecular weight excluding hydrogens is 232 g/mol. The Morgan fingerprint density at radius 1 is 1.08 bits per heavy atom. The topological polar surface area (TPSA) is 27.7 Å². The summed E-state index contributed by atoms with van der Waals surface area (Å²) in [6.45, 7) is 12.8. The van der Waals surface area contributed by atoms with E-state index in [-0.39, 0.29) is 9.76 Å². The van der Waals surface area contributed by atoms with Crippen LogP contribution in [0.5, 0.6) is 0 Å². The second-order valence-electron chi connectivity index (χ2n) is 3.71. The molecule has 0 radical (unpaired) electrons. The molecule has 13 heavy (non-hydrogen) atoms. The van der Waals surface area contributed by atoms with E-state index in [9.17, 15) is 0 Å². The zero-order valence-electron chi connectivity index (χ0n) is 9.59. The van der Waals surface area contributed by atoms with Crippen LogP contribution in [0.15, 0.2) is 0 Å². The van der Waals surface area contributed by atoms with Crippen molar-refractivity contribution in [1.82, 2.24) is 0 Å². The van der Waals surface area contributed by atoms with Gasteiger partial charge in [0.1, 0.15) is 9.76 Å². The van der Waals surface area contributed by atoms with Crippen LogP contribution in [-0.2, 0) is 12.3 Å². The summed E-state index contributed by atoms with van der Waals surface area (Å²) in [4.78, 5) is 0. The highest BCUT2D eigenvalue weighted by Gasteiger charge is 2.28. The minimum Gasteiger partial charge on any atom is -0.444 e. The minimum absolute atomic E-state index is 0.315. The van der Waals surface area contributed by atoms with E-state index < -0.39 is 26.9 Å². The second kappa shape index (κ2) is 6.27. The molecule has 1 unspecified atom stereocenters. The van der Waals surface area contributed by atoms with Gasteiger partial charge in [-0.05, 0) is 32.7 Å². The Kier molecular flexibility index (Phi) is 6.63. The highest BCUT2D eigenvalue weighted by atomic mass is 28.5. The van der Waals surface area contributed by atoms with Crippen LogP contribution < -0.4 is 0 Å². The Morgan fingerprint density at radius 3 is 2.00 bits per heavy atom. The molecule has 0 aromatic rings. The van der Waals surface area contributed by atoms with Gasteiger partial charge in [0.25, 0.3) is 9.28 Å². The first-order valence-corrected chi connectivity index (χ1v) is 14.5. The fraction of sp³-hybridized carbons (Fsp3) is 1.00. The molecule has 1 atom stereocenters. The van der Waals surface area contributed by atoms with E-state index in [1.165, 1.54) is 0 Å². The van der Waals surface area contributed by atoms with Crippen LogP contribution >= 0.6 is 0 Å². The fourth-order valence-electron chi connectivity index (χ4n) is 1.26. The minimum atomic E-state index is -1.85. The van der Waals surface area contributed by atoms with Crippen LogP contribution in [0.4, 0.5) is 0 Å². The van der Waals surface area contributed by atoms with Gasteiger partial charge < -0.3 is 12.3 Å². The number of rotatable bonds is 6. The molecule has 3 nitrogen and oxygen atoms in total. The van der Waals surface area contributed by atoms with Crippen molar-refractivity contribution in [2.24, 2.45) is 0 Å². The van der Waals surface area contributed by atoms with Crippen LogP contribution in [0.1, 0.15) is 0 Å².